The largest absolute Gasteiger partial charge is 0.507 e. The summed E-state index contributed by atoms with van der Waals surface area (Å²) in [5.74, 6) is -1.49. The Kier molecular flexibility index (Phi) is 6.48. The highest BCUT2D eigenvalue weighted by Gasteiger charge is 2.46. The Morgan fingerprint density at radius 3 is 2.20 bits per heavy atom. The third-order valence-electron chi connectivity index (χ3n) is 6.84. The summed E-state index contributed by atoms with van der Waals surface area (Å²) in [5, 5.41) is 11.3. The number of amides is 1. The Morgan fingerprint density at radius 2 is 1.54 bits per heavy atom. The van der Waals surface area contributed by atoms with E-state index in [4.69, 9.17) is 0 Å². The smallest absolute Gasteiger partial charge is 0.300 e. The number of hydrogen-bond donors (Lipinski definition) is 1. The SMILES string of the molecule is Cc1cc(/C(O)=C2/C(=O)C(=O)N(c3ccc(N4CCCCC4)cc3)C2c2ccccc2)ccc1Br. The van der Waals surface area contributed by atoms with Gasteiger partial charge in [-0.15, -0.1) is 0 Å². The minimum absolute atomic E-state index is 0.100. The molecule has 2 heterocycles. The molecular weight excluding hydrogens is 504 g/mol. The lowest BCUT2D eigenvalue weighted by Crippen LogP contribution is -2.30. The summed E-state index contributed by atoms with van der Waals surface area (Å²) >= 11 is 3.48. The lowest BCUT2D eigenvalue weighted by Gasteiger charge is -2.30. The van der Waals surface area contributed by atoms with E-state index >= 15 is 0 Å². The van der Waals surface area contributed by atoms with Crippen molar-refractivity contribution in [2.24, 2.45) is 0 Å². The van der Waals surface area contributed by atoms with E-state index in [-0.39, 0.29) is 11.3 Å². The zero-order valence-corrected chi connectivity index (χ0v) is 21.2. The van der Waals surface area contributed by atoms with Gasteiger partial charge in [0, 0.05) is 34.5 Å². The van der Waals surface area contributed by atoms with Crippen LogP contribution in [0, 0.1) is 6.92 Å². The van der Waals surface area contributed by atoms with Crippen molar-refractivity contribution in [3.05, 3.63) is 99.5 Å². The fourth-order valence-electron chi connectivity index (χ4n) is 4.97. The summed E-state index contributed by atoms with van der Waals surface area (Å²) in [4.78, 5) is 30.5. The third-order valence-corrected chi connectivity index (χ3v) is 7.73. The van der Waals surface area contributed by atoms with Crippen LogP contribution in [-0.4, -0.2) is 29.9 Å². The van der Waals surface area contributed by atoms with Gasteiger partial charge in [0.1, 0.15) is 5.76 Å². The van der Waals surface area contributed by atoms with E-state index in [1.54, 1.807) is 6.07 Å². The molecule has 5 nitrogen and oxygen atoms in total. The van der Waals surface area contributed by atoms with Crippen molar-refractivity contribution in [1.29, 1.82) is 0 Å². The van der Waals surface area contributed by atoms with Crippen LogP contribution in [-0.2, 0) is 9.59 Å². The second-order valence-corrected chi connectivity index (χ2v) is 9.96. The molecule has 0 aliphatic carbocycles. The summed E-state index contributed by atoms with van der Waals surface area (Å²) in [6.07, 6.45) is 3.62. The molecule has 0 aromatic heterocycles. The molecule has 178 valence electrons. The molecule has 1 N–H and O–H groups in total. The first-order chi connectivity index (χ1) is 17.0. The second kappa shape index (κ2) is 9.70. The number of carbonyl (C=O) groups is 2. The molecular formula is C29H27BrN2O3. The highest BCUT2D eigenvalue weighted by molar-refractivity contribution is 9.10. The second-order valence-electron chi connectivity index (χ2n) is 9.11. The van der Waals surface area contributed by atoms with Crippen molar-refractivity contribution in [3.8, 4) is 0 Å². The molecule has 2 aliphatic heterocycles. The predicted octanol–water partition coefficient (Wildman–Crippen LogP) is 6.37. The molecule has 3 aromatic carbocycles. The number of nitrogens with zero attached hydrogens (tertiary/aromatic N) is 2. The molecule has 0 bridgehead atoms. The van der Waals surface area contributed by atoms with E-state index in [1.165, 1.54) is 24.2 Å². The van der Waals surface area contributed by atoms with Gasteiger partial charge in [0.15, 0.2) is 0 Å². The lowest BCUT2D eigenvalue weighted by atomic mass is 9.94. The summed E-state index contributed by atoms with van der Waals surface area (Å²) in [6.45, 7) is 3.97. The standard InChI is InChI=1S/C29H27BrN2O3/c1-19-18-21(10-15-24(19)30)27(33)25-26(20-8-4-2-5-9-20)32(29(35)28(25)34)23-13-11-22(12-14-23)31-16-6-3-7-17-31/h2,4-5,8-15,18,26,33H,3,6-7,16-17H2,1H3/b27-25-. The van der Waals surface area contributed by atoms with Crippen molar-refractivity contribution in [1.82, 2.24) is 0 Å². The van der Waals surface area contributed by atoms with E-state index in [9.17, 15) is 14.7 Å². The zero-order chi connectivity index (χ0) is 24.5. The maximum absolute atomic E-state index is 13.4. The number of hydrogen-bond acceptors (Lipinski definition) is 4. The van der Waals surface area contributed by atoms with Crippen LogP contribution >= 0.6 is 15.9 Å². The molecule has 1 unspecified atom stereocenters. The van der Waals surface area contributed by atoms with Crippen molar-refractivity contribution < 1.29 is 14.7 Å². The Bertz CT molecular complexity index is 1300. The summed E-state index contributed by atoms with van der Waals surface area (Å²) < 4.78 is 0.905. The normalized spacial score (nSPS) is 19.9. The fraction of sp³-hybridized carbons (Fsp3) is 0.241. The Hall–Kier alpha value is -3.38. The molecule has 1 amide bonds. The highest BCUT2D eigenvalue weighted by atomic mass is 79.9. The fourth-order valence-corrected chi connectivity index (χ4v) is 5.22. The first-order valence-electron chi connectivity index (χ1n) is 11.9. The Balaban J connectivity index is 1.60. The molecule has 0 saturated carbocycles. The van der Waals surface area contributed by atoms with Gasteiger partial charge in [-0.2, -0.15) is 0 Å². The molecule has 2 aliphatic rings. The minimum atomic E-state index is -0.721. The van der Waals surface area contributed by atoms with Gasteiger partial charge < -0.3 is 10.0 Å². The van der Waals surface area contributed by atoms with Crippen LogP contribution in [0.1, 0.15) is 42.0 Å². The van der Waals surface area contributed by atoms with Crippen LogP contribution in [0.2, 0.25) is 0 Å². The molecule has 3 aromatic rings. The maximum Gasteiger partial charge on any atom is 0.300 e. The number of benzene rings is 3. The van der Waals surface area contributed by atoms with Gasteiger partial charge in [-0.25, -0.2) is 0 Å². The van der Waals surface area contributed by atoms with E-state index in [1.807, 2.05) is 73.7 Å². The quantitative estimate of drug-likeness (QED) is 0.241. The number of carbonyl (C=O) groups excluding carboxylic acids is 2. The predicted molar refractivity (Wildman–Crippen MR) is 143 cm³/mol. The Labute approximate surface area is 213 Å². The summed E-state index contributed by atoms with van der Waals surface area (Å²) in [6, 6.07) is 21.9. The molecule has 5 rings (SSSR count). The first kappa shape index (κ1) is 23.4. The Morgan fingerprint density at radius 1 is 0.886 bits per heavy atom. The number of aliphatic hydroxyl groups is 1. The van der Waals surface area contributed by atoms with Crippen LogP contribution in [0.15, 0.2) is 82.8 Å². The number of piperidine rings is 1. The van der Waals surface area contributed by atoms with Gasteiger partial charge in [0.25, 0.3) is 11.7 Å². The molecule has 2 fully saturated rings. The number of anilines is 2. The molecule has 1 atom stereocenters. The number of halogens is 1. The van der Waals surface area contributed by atoms with E-state index in [0.29, 0.717) is 11.3 Å². The van der Waals surface area contributed by atoms with Crippen molar-refractivity contribution in [3.63, 3.8) is 0 Å². The summed E-state index contributed by atoms with van der Waals surface area (Å²) in [7, 11) is 0. The van der Waals surface area contributed by atoms with Gasteiger partial charge in [-0.3, -0.25) is 14.5 Å². The summed E-state index contributed by atoms with van der Waals surface area (Å²) in [5.41, 5.74) is 4.04. The van der Waals surface area contributed by atoms with E-state index in [2.05, 4.69) is 20.8 Å². The maximum atomic E-state index is 13.4. The topological polar surface area (TPSA) is 60.9 Å². The number of ketones is 1. The van der Waals surface area contributed by atoms with Crippen molar-refractivity contribution in [2.75, 3.05) is 22.9 Å². The molecule has 6 heteroatoms. The lowest BCUT2D eigenvalue weighted by molar-refractivity contribution is -0.132. The highest BCUT2D eigenvalue weighted by Crippen LogP contribution is 2.42. The average Bonchev–Trinajstić information content (AvgIpc) is 3.16. The van der Waals surface area contributed by atoms with E-state index < -0.39 is 17.7 Å². The van der Waals surface area contributed by atoms with Crippen LogP contribution in [0.3, 0.4) is 0 Å². The van der Waals surface area contributed by atoms with Crippen molar-refractivity contribution in [2.45, 2.75) is 32.2 Å². The minimum Gasteiger partial charge on any atom is -0.507 e. The van der Waals surface area contributed by atoms with Gasteiger partial charge in [0.05, 0.1) is 11.6 Å². The van der Waals surface area contributed by atoms with Crippen molar-refractivity contribution >= 4 is 44.8 Å². The van der Waals surface area contributed by atoms with Crippen LogP contribution < -0.4 is 9.80 Å². The van der Waals surface area contributed by atoms with Gasteiger partial charge in [0.2, 0.25) is 0 Å². The van der Waals surface area contributed by atoms with Crippen LogP contribution in [0.4, 0.5) is 11.4 Å². The number of rotatable bonds is 4. The average molecular weight is 531 g/mol. The number of aliphatic hydroxyl groups excluding tert-OH is 1. The number of Topliss-reactive ketones (excluding diaryl/α,β-unsaturated/α-hetero) is 1. The molecule has 0 spiro atoms. The van der Waals surface area contributed by atoms with Gasteiger partial charge >= 0.3 is 0 Å². The van der Waals surface area contributed by atoms with Gasteiger partial charge in [-0.05, 0) is 73.7 Å². The van der Waals surface area contributed by atoms with E-state index in [0.717, 1.165) is 34.4 Å². The third kappa shape index (κ3) is 4.39. The molecule has 2 saturated heterocycles. The van der Waals surface area contributed by atoms with Crippen LogP contribution in [0.5, 0.6) is 0 Å². The molecule has 0 radical (unpaired) electrons. The monoisotopic (exact) mass is 530 g/mol. The first-order valence-corrected chi connectivity index (χ1v) is 12.7. The molecule has 35 heavy (non-hydrogen) atoms. The van der Waals surface area contributed by atoms with Crippen LogP contribution in [0.25, 0.3) is 5.76 Å². The zero-order valence-electron chi connectivity index (χ0n) is 19.6. The number of aryl methyl sites for hydroxylation is 1. The van der Waals surface area contributed by atoms with Gasteiger partial charge in [-0.1, -0.05) is 52.3 Å².